The summed E-state index contributed by atoms with van der Waals surface area (Å²) in [5, 5.41) is 20.4. The molecule has 2 aliphatic rings. The number of rotatable bonds is 4. The largest absolute Gasteiger partial charge is 0.414 e. The van der Waals surface area contributed by atoms with Crippen LogP contribution in [-0.2, 0) is 17.7 Å². The molecule has 8 heteroatoms. The van der Waals surface area contributed by atoms with Gasteiger partial charge in [0.2, 0.25) is 0 Å². The summed E-state index contributed by atoms with van der Waals surface area (Å²) in [6.45, 7) is 17.4. The lowest BCUT2D eigenvalue weighted by Crippen LogP contribution is -2.65. The van der Waals surface area contributed by atoms with E-state index < -0.39 is 41.7 Å². The van der Waals surface area contributed by atoms with Crippen LogP contribution in [0, 0.1) is 0 Å². The van der Waals surface area contributed by atoms with Crippen LogP contribution in [0.3, 0.4) is 0 Å². The van der Waals surface area contributed by atoms with Gasteiger partial charge in [-0.2, -0.15) is 0 Å². The summed E-state index contributed by atoms with van der Waals surface area (Å²) in [5.41, 5.74) is 0.884. The summed E-state index contributed by atoms with van der Waals surface area (Å²) in [6.07, 6.45) is -3.40. The van der Waals surface area contributed by atoms with Gasteiger partial charge in [0.05, 0.1) is 6.61 Å². The van der Waals surface area contributed by atoms with Gasteiger partial charge in [0, 0.05) is 0 Å². The SMILES string of the molecule is CC(C)[Si]1(C(C)C)OC[C@H]2O[C@H](O)[C@@H](O)[C@@H]2O[Si](C(C)C)(C(C)C)O1. The van der Waals surface area contributed by atoms with Crippen LogP contribution >= 0.6 is 0 Å². The Morgan fingerprint density at radius 2 is 1.28 bits per heavy atom. The van der Waals surface area contributed by atoms with Crippen molar-refractivity contribution in [3.05, 3.63) is 0 Å². The Labute approximate surface area is 154 Å². The molecule has 148 valence electrons. The molecule has 0 unspecified atom stereocenters. The Morgan fingerprint density at radius 1 is 0.800 bits per heavy atom. The van der Waals surface area contributed by atoms with Crippen LogP contribution in [0.5, 0.6) is 0 Å². The lowest BCUT2D eigenvalue weighted by Gasteiger charge is -2.51. The van der Waals surface area contributed by atoms with Crippen LogP contribution in [0.1, 0.15) is 55.4 Å². The van der Waals surface area contributed by atoms with E-state index in [1.807, 2.05) is 0 Å². The maximum absolute atomic E-state index is 10.4. The van der Waals surface area contributed by atoms with Crippen LogP contribution in [0.2, 0.25) is 22.2 Å². The molecule has 0 bridgehead atoms. The number of fused-ring (bicyclic) bond motifs is 1. The highest BCUT2D eigenvalue weighted by Gasteiger charge is 2.61. The van der Waals surface area contributed by atoms with Crippen molar-refractivity contribution < 1.29 is 27.9 Å². The molecule has 25 heavy (non-hydrogen) atoms. The van der Waals surface area contributed by atoms with Gasteiger partial charge < -0.3 is 27.9 Å². The van der Waals surface area contributed by atoms with Gasteiger partial charge in [0.1, 0.15) is 18.3 Å². The molecule has 2 rings (SSSR count). The van der Waals surface area contributed by atoms with E-state index in [9.17, 15) is 10.2 Å². The molecule has 0 radical (unpaired) electrons. The second-order valence-electron chi connectivity index (χ2n) is 8.61. The summed E-state index contributed by atoms with van der Waals surface area (Å²) < 4.78 is 25.6. The topological polar surface area (TPSA) is 77.4 Å². The highest BCUT2D eigenvalue weighted by atomic mass is 28.5. The number of aliphatic hydroxyl groups is 2. The highest BCUT2D eigenvalue weighted by molar-refractivity contribution is 6.83. The van der Waals surface area contributed by atoms with E-state index in [0.29, 0.717) is 0 Å². The van der Waals surface area contributed by atoms with Crippen LogP contribution in [0.15, 0.2) is 0 Å². The summed E-state index contributed by atoms with van der Waals surface area (Å²) >= 11 is 0. The number of ether oxygens (including phenoxy) is 1. The van der Waals surface area contributed by atoms with Gasteiger partial charge in [-0.05, 0) is 22.2 Å². The van der Waals surface area contributed by atoms with Crippen molar-refractivity contribution in [1.29, 1.82) is 0 Å². The Morgan fingerprint density at radius 3 is 1.72 bits per heavy atom. The van der Waals surface area contributed by atoms with E-state index >= 15 is 0 Å². The molecule has 0 aromatic heterocycles. The minimum absolute atomic E-state index is 0.184. The van der Waals surface area contributed by atoms with Crippen molar-refractivity contribution in [2.24, 2.45) is 0 Å². The first-order valence-electron chi connectivity index (χ1n) is 9.51. The van der Waals surface area contributed by atoms with Crippen LogP contribution in [0.4, 0.5) is 0 Å². The van der Waals surface area contributed by atoms with Gasteiger partial charge in [0.25, 0.3) is 0 Å². The molecule has 2 aliphatic heterocycles. The van der Waals surface area contributed by atoms with Crippen LogP contribution < -0.4 is 0 Å². The van der Waals surface area contributed by atoms with Crippen LogP contribution in [-0.4, -0.2) is 58.5 Å². The molecule has 0 aliphatic carbocycles. The molecule has 2 N–H and O–H groups in total. The van der Waals surface area contributed by atoms with Gasteiger partial charge in [-0.3, -0.25) is 0 Å². The average molecular weight is 393 g/mol. The fourth-order valence-corrected chi connectivity index (χ4v) is 15.4. The third-order valence-corrected chi connectivity index (χ3v) is 15.9. The third-order valence-electron chi connectivity index (χ3n) is 5.64. The standard InChI is InChI=1S/C17H36O6Si2/c1-10(2)24(11(3)4)20-9-14-16(15(18)17(19)21-14)22-25(23-24,12(5)6)13(7)8/h10-19H,9H2,1-8H3/t14-,15+,16-,17+/m1/s1. The first-order valence-corrected chi connectivity index (χ1v) is 13.5. The molecule has 6 nitrogen and oxygen atoms in total. The lowest BCUT2D eigenvalue weighted by molar-refractivity contribution is -0.132. The van der Waals surface area contributed by atoms with Crippen molar-refractivity contribution >= 4 is 17.1 Å². The fourth-order valence-electron chi connectivity index (χ4n) is 4.14. The molecular weight excluding hydrogens is 356 g/mol. The van der Waals surface area contributed by atoms with Crippen molar-refractivity contribution in [3.8, 4) is 0 Å². The predicted molar refractivity (Wildman–Crippen MR) is 101 cm³/mol. The summed E-state index contributed by atoms with van der Waals surface area (Å²) in [6, 6.07) is 0. The molecule has 2 saturated heterocycles. The molecule has 0 amide bonds. The average Bonchev–Trinajstić information content (AvgIpc) is 2.73. The molecule has 2 fully saturated rings. The van der Waals surface area contributed by atoms with E-state index in [1.165, 1.54) is 0 Å². The Hall–Kier alpha value is 0.194. The van der Waals surface area contributed by atoms with Gasteiger partial charge in [-0.1, -0.05) is 55.4 Å². The van der Waals surface area contributed by atoms with Crippen molar-refractivity contribution in [2.75, 3.05) is 6.61 Å². The normalized spacial score (nSPS) is 35.3. The molecule has 0 saturated carbocycles. The van der Waals surface area contributed by atoms with Gasteiger partial charge in [-0.25, -0.2) is 0 Å². The Balaban J connectivity index is 2.53. The van der Waals surface area contributed by atoms with E-state index in [1.54, 1.807) is 0 Å². The summed E-state index contributed by atoms with van der Waals surface area (Å²) in [5.74, 6) is 0. The summed E-state index contributed by atoms with van der Waals surface area (Å²) in [7, 11) is -5.34. The zero-order valence-corrected chi connectivity index (χ0v) is 18.9. The molecule has 0 spiro atoms. The molecule has 0 aromatic carbocycles. The Kier molecular flexibility index (Phi) is 6.59. The molecule has 2 heterocycles. The Bertz CT molecular complexity index is 440. The van der Waals surface area contributed by atoms with E-state index in [-0.39, 0.29) is 28.8 Å². The minimum Gasteiger partial charge on any atom is -0.414 e. The second kappa shape index (κ2) is 7.67. The van der Waals surface area contributed by atoms with Gasteiger partial charge in [0.15, 0.2) is 6.29 Å². The fraction of sp³-hybridized carbons (Fsp3) is 1.00. The maximum atomic E-state index is 10.4. The first kappa shape index (κ1) is 21.5. The molecular formula is C17H36O6Si2. The number of aliphatic hydroxyl groups excluding tert-OH is 2. The monoisotopic (exact) mass is 392 g/mol. The van der Waals surface area contributed by atoms with Crippen molar-refractivity contribution in [1.82, 2.24) is 0 Å². The number of hydrogen-bond acceptors (Lipinski definition) is 6. The third kappa shape index (κ3) is 3.64. The van der Waals surface area contributed by atoms with Crippen molar-refractivity contribution in [2.45, 2.75) is 102 Å². The smallest absolute Gasteiger partial charge is 0.335 e. The van der Waals surface area contributed by atoms with E-state index in [0.717, 1.165) is 0 Å². The number of hydrogen-bond donors (Lipinski definition) is 2. The lowest BCUT2D eigenvalue weighted by atomic mass is 10.1. The maximum Gasteiger partial charge on any atom is 0.335 e. The van der Waals surface area contributed by atoms with E-state index in [2.05, 4.69) is 55.4 Å². The van der Waals surface area contributed by atoms with Gasteiger partial charge >= 0.3 is 17.1 Å². The van der Waals surface area contributed by atoms with Gasteiger partial charge in [-0.15, -0.1) is 0 Å². The molecule has 0 aromatic rings. The predicted octanol–water partition coefficient (Wildman–Crippen LogP) is 3.02. The van der Waals surface area contributed by atoms with Crippen LogP contribution in [0.25, 0.3) is 0 Å². The quantitative estimate of drug-likeness (QED) is 0.716. The second-order valence-corrected chi connectivity index (χ2v) is 17.5. The van der Waals surface area contributed by atoms with Crippen molar-refractivity contribution in [3.63, 3.8) is 0 Å². The highest BCUT2D eigenvalue weighted by Crippen LogP contribution is 2.47. The minimum atomic E-state index is -2.75. The zero-order valence-electron chi connectivity index (χ0n) is 16.9. The van der Waals surface area contributed by atoms with E-state index in [4.69, 9.17) is 17.7 Å². The first-order chi connectivity index (χ1) is 11.5. The molecule has 4 atom stereocenters. The summed E-state index contributed by atoms with van der Waals surface area (Å²) in [4.78, 5) is 0. The zero-order chi connectivity index (χ0) is 19.2.